The number of hydrogen-bond donors (Lipinski definition) is 2. The van der Waals surface area contributed by atoms with E-state index >= 15 is 0 Å². The molecular formula is C23H22N4O2. The zero-order chi connectivity index (χ0) is 20.1. The fourth-order valence-corrected chi connectivity index (χ4v) is 3.09. The zero-order valence-corrected chi connectivity index (χ0v) is 16.3. The molecular weight excluding hydrogens is 364 g/mol. The molecule has 0 saturated heterocycles. The Morgan fingerprint density at radius 3 is 2.21 bits per heavy atom. The van der Waals surface area contributed by atoms with E-state index in [1.807, 2.05) is 54.6 Å². The lowest BCUT2D eigenvalue weighted by atomic mass is 10.2. The van der Waals surface area contributed by atoms with Crippen molar-refractivity contribution in [2.45, 2.75) is 6.54 Å². The largest absolute Gasteiger partial charge is 0.493 e. The van der Waals surface area contributed by atoms with Gasteiger partial charge in [0.15, 0.2) is 11.5 Å². The molecule has 4 rings (SSSR count). The van der Waals surface area contributed by atoms with Crippen molar-refractivity contribution in [2.75, 3.05) is 24.9 Å². The van der Waals surface area contributed by atoms with Crippen molar-refractivity contribution in [3.8, 4) is 11.5 Å². The molecule has 0 unspecified atom stereocenters. The highest BCUT2D eigenvalue weighted by Crippen LogP contribution is 2.34. The van der Waals surface area contributed by atoms with Gasteiger partial charge in [0.05, 0.1) is 19.7 Å². The summed E-state index contributed by atoms with van der Waals surface area (Å²) < 4.78 is 10.8. The fourth-order valence-electron chi connectivity index (χ4n) is 3.09. The van der Waals surface area contributed by atoms with Crippen LogP contribution in [0.1, 0.15) is 5.56 Å². The third-order valence-corrected chi connectivity index (χ3v) is 4.63. The van der Waals surface area contributed by atoms with Crippen LogP contribution in [-0.4, -0.2) is 24.2 Å². The highest BCUT2D eigenvalue weighted by atomic mass is 16.5. The van der Waals surface area contributed by atoms with Gasteiger partial charge < -0.3 is 20.1 Å². The van der Waals surface area contributed by atoms with Crippen molar-refractivity contribution >= 4 is 28.1 Å². The zero-order valence-electron chi connectivity index (χ0n) is 16.3. The Bertz CT molecular complexity index is 1100. The maximum absolute atomic E-state index is 5.41. The van der Waals surface area contributed by atoms with E-state index in [1.165, 1.54) is 11.9 Å². The predicted molar refractivity (Wildman–Crippen MR) is 116 cm³/mol. The minimum atomic E-state index is 0.637. The first-order chi connectivity index (χ1) is 14.3. The van der Waals surface area contributed by atoms with Crippen molar-refractivity contribution in [1.82, 2.24) is 9.97 Å². The number of nitrogens with zero attached hydrogens (tertiary/aromatic N) is 2. The average Bonchev–Trinajstić information content (AvgIpc) is 2.78. The van der Waals surface area contributed by atoms with Crippen LogP contribution in [0.3, 0.4) is 0 Å². The fraction of sp³-hybridized carbons (Fsp3) is 0.130. The van der Waals surface area contributed by atoms with Crippen LogP contribution < -0.4 is 20.1 Å². The van der Waals surface area contributed by atoms with E-state index in [0.29, 0.717) is 17.3 Å². The molecule has 0 aliphatic carbocycles. The maximum atomic E-state index is 5.41. The number of nitrogens with one attached hydrogen (secondary N) is 2. The van der Waals surface area contributed by atoms with Gasteiger partial charge in [-0.05, 0) is 35.9 Å². The van der Waals surface area contributed by atoms with Gasteiger partial charge in [-0.3, -0.25) is 0 Å². The summed E-state index contributed by atoms with van der Waals surface area (Å²) in [6.45, 7) is 0.784. The summed E-state index contributed by atoms with van der Waals surface area (Å²) in [6, 6.07) is 22.1. The quantitative estimate of drug-likeness (QED) is 0.466. The second kappa shape index (κ2) is 8.48. The number of rotatable bonds is 7. The molecule has 29 heavy (non-hydrogen) atoms. The lowest BCUT2D eigenvalue weighted by Crippen LogP contribution is -2.00. The molecule has 0 atom stereocenters. The first-order valence-electron chi connectivity index (χ1n) is 9.28. The highest BCUT2D eigenvalue weighted by molar-refractivity contribution is 5.93. The van der Waals surface area contributed by atoms with E-state index in [2.05, 4.69) is 32.7 Å². The van der Waals surface area contributed by atoms with Crippen molar-refractivity contribution in [2.24, 2.45) is 0 Å². The third-order valence-electron chi connectivity index (χ3n) is 4.63. The molecule has 4 aromatic rings. The standard InChI is InChI=1S/C23H22N4O2/c1-28-21-12-19-20(13-22(21)29-2)25-15-26-23(19)27-18-10-8-17(9-11-18)24-14-16-6-4-3-5-7-16/h3-13,15,24H,14H2,1-2H3,(H,25,26,27). The van der Waals surface area contributed by atoms with Gasteiger partial charge in [-0.2, -0.15) is 0 Å². The van der Waals surface area contributed by atoms with Crippen LogP contribution >= 0.6 is 0 Å². The number of aromatic nitrogens is 2. The van der Waals surface area contributed by atoms with E-state index in [-0.39, 0.29) is 0 Å². The number of fused-ring (bicyclic) bond motifs is 1. The van der Waals surface area contributed by atoms with Crippen LogP contribution in [0.2, 0.25) is 0 Å². The molecule has 1 heterocycles. The van der Waals surface area contributed by atoms with E-state index in [1.54, 1.807) is 14.2 Å². The van der Waals surface area contributed by atoms with Gasteiger partial charge in [0, 0.05) is 29.4 Å². The SMILES string of the molecule is COc1cc2ncnc(Nc3ccc(NCc4ccccc4)cc3)c2cc1OC. The van der Waals surface area contributed by atoms with Crippen LogP contribution in [0.4, 0.5) is 17.2 Å². The van der Waals surface area contributed by atoms with Crippen molar-refractivity contribution < 1.29 is 9.47 Å². The van der Waals surface area contributed by atoms with E-state index in [4.69, 9.17) is 9.47 Å². The van der Waals surface area contributed by atoms with Crippen LogP contribution in [0.15, 0.2) is 73.1 Å². The Balaban J connectivity index is 1.52. The average molecular weight is 386 g/mol. The lowest BCUT2D eigenvalue weighted by Gasteiger charge is -2.12. The minimum Gasteiger partial charge on any atom is -0.493 e. The molecule has 6 nitrogen and oxygen atoms in total. The monoisotopic (exact) mass is 386 g/mol. The van der Waals surface area contributed by atoms with Gasteiger partial charge in [0.1, 0.15) is 12.1 Å². The Morgan fingerprint density at radius 2 is 1.48 bits per heavy atom. The summed E-state index contributed by atoms with van der Waals surface area (Å²) in [6.07, 6.45) is 1.53. The molecule has 0 amide bonds. The van der Waals surface area contributed by atoms with Crippen molar-refractivity contribution in [1.29, 1.82) is 0 Å². The molecule has 2 N–H and O–H groups in total. The van der Waals surface area contributed by atoms with Crippen LogP contribution in [0.25, 0.3) is 10.9 Å². The first-order valence-corrected chi connectivity index (χ1v) is 9.28. The second-order valence-electron chi connectivity index (χ2n) is 6.49. The molecule has 0 aliphatic heterocycles. The predicted octanol–water partition coefficient (Wildman–Crippen LogP) is 5.00. The maximum Gasteiger partial charge on any atom is 0.162 e. The molecule has 3 aromatic carbocycles. The first kappa shape index (κ1) is 18.6. The van der Waals surface area contributed by atoms with Gasteiger partial charge >= 0.3 is 0 Å². The summed E-state index contributed by atoms with van der Waals surface area (Å²) >= 11 is 0. The molecule has 0 saturated carbocycles. The van der Waals surface area contributed by atoms with Gasteiger partial charge in [-0.25, -0.2) is 9.97 Å². The van der Waals surface area contributed by atoms with Gasteiger partial charge in [0.25, 0.3) is 0 Å². The van der Waals surface area contributed by atoms with E-state index in [9.17, 15) is 0 Å². The Labute approximate surface area is 169 Å². The number of benzene rings is 3. The number of anilines is 3. The number of ether oxygens (including phenoxy) is 2. The number of hydrogen-bond acceptors (Lipinski definition) is 6. The van der Waals surface area contributed by atoms with Gasteiger partial charge in [-0.1, -0.05) is 30.3 Å². The van der Waals surface area contributed by atoms with Gasteiger partial charge in [0.2, 0.25) is 0 Å². The minimum absolute atomic E-state index is 0.637. The summed E-state index contributed by atoms with van der Waals surface area (Å²) in [5, 5.41) is 7.64. The summed E-state index contributed by atoms with van der Waals surface area (Å²) in [5.41, 5.74) is 4.01. The molecule has 0 aliphatic rings. The smallest absolute Gasteiger partial charge is 0.162 e. The highest BCUT2D eigenvalue weighted by Gasteiger charge is 2.11. The molecule has 1 aromatic heterocycles. The van der Waals surface area contributed by atoms with Crippen LogP contribution in [0, 0.1) is 0 Å². The van der Waals surface area contributed by atoms with Crippen LogP contribution in [-0.2, 0) is 6.54 Å². The Hall–Kier alpha value is -3.80. The van der Waals surface area contributed by atoms with E-state index < -0.39 is 0 Å². The Morgan fingerprint density at radius 1 is 0.793 bits per heavy atom. The normalized spacial score (nSPS) is 10.6. The van der Waals surface area contributed by atoms with Crippen molar-refractivity contribution in [3.63, 3.8) is 0 Å². The second-order valence-corrected chi connectivity index (χ2v) is 6.49. The molecule has 146 valence electrons. The Kier molecular flexibility index (Phi) is 5.42. The lowest BCUT2D eigenvalue weighted by molar-refractivity contribution is 0.356. The topological polar surface area (TPSA) is 68.3 Å². The molecule has 0 fully saturated rings. The molecule has 6 heteroatoms. The molecule has 0 bridgehead atoms. The third kappa shape index (κ3) is 4.21. The van der Waals surface area contributed by atoms with Gasteiger partial charge in [-0.15, -0.1) is 0 Å². The summed E-state index contributed by atoms with van der Waals surface area (Å²) in [5.74, 6) is 1.98. The van der Waals surface area contributed by atoms with Crippen molar-refractivity contribution in [3.05, 3.63) is 78.6 Å². The summed E-state index contributed by atoms with van der Waals surface area (Å²) in [7, 11) is 3.22. The van der Waals surface area contributed by atoms with Crippen LogP contribution in [0.5, 0.6) is 11.5 Å². The summed E-state index contributed by atoms with van der Waals surface area (Å²) in [4.78, 5) is 8.74. The number of methoxy groups -OCH3 is 2. The molecule has 0 spiro atoms. The van der Waals surface area contributed by atoms with E-state index in [0.717, 1.165) is 28.8 Å². The molecule has 0 radical (unpaired) electrons.